The summed E-state index contributed by atoms with van der Waals surface area (Å²) in [5.41, 5.74) is 0. The van der Waals surface area contributed by atoms with Crippen LogP contribution in [0.5, 0.6) is 0 Å². The van der Waals surface area contributed by atoms with Crippen LogP contribution in [0.1, 0.15) is 97.3 Å². The summed E-state index contributed by atoms with van der Waals surface area (Å²) in [5, 5.41) is 21.2. The lowest BCUT2D eigenvalue weighted by molar-refractivity contribution is -0.143. The fraction of sp³-hybridized carbons (Fsp3) is 0.864. The van der Waals surface area contributed by atoms with E-state index in [-0.39, 0.29) is 18.6 Å². The minimum absolute atomic E-state index is 0.0447. The molecule has 4 heteroatoms. The van der Waals surface area contributed by atoms with E-state index >= 15 is 0 Å². The Bertz CT molecular complexity index is 344. The van der Waals surface area contributed by atoms with Crippen molar-refractivity contribution in [3.63, 3.8) is 0 Å². The van der Waals surface area contributed by atoms with E-state index in [4.69, 9.17) is 5.11 Å². The number of unbranched alkanes of at least 4 members (excludes halogenated alkanes) is 10. The van der Waals surface area contributed by atoms with Gasteiger partial charge in [-0.1, -0.05) is 70.4 Å². The summed E-state index contributed by atoms with van der Waals surface area (Å²) < 4.78 is 0. The first-order chi connectivity index (χ1) is 12.6. The van der Waals surface area contributed by atoms with Crippen LogP contribution in [-0.2, 0) is 4.79 Å². The first kappa shape index (κ1) is 25.1. The highest BCUT2D eigenvalue weighted by atomic mass is 16.4. The van der Waals surface area contributed by atoms with Gasteiger partial charge in [-0.25, -0.2) is 0 Å². The number of carboxylic acids is 1. The molecule has 0 aliphatic heterocycles. The van der Waals surface area contributed by atoms with Crippen LogP contribution in [-0.4, -0.2) is 35.4 Å². The molecule has 0 amide bonds. The molecule has 0 saturated carbocycles. The second-order valence-corrected chi connectivity index (χ2v) is 7.43. The maximum atomic E-state index is 11.4. The molecule has 0 spiro atoms. The van der Waals surface area contributed by atoms with Gasteiger partial charge in [0.1, 0.15) is 0 Å². The number of aliphatic hydroxyl groups is 1. The van der Waals surface area contributed by atoms with Gasteiger partial charge in [-0.15, -0.1) is 0 Å². The van der Waals surface area contributed by atoms with Gasteiger partial charge in [-0.2, -0.15) is 0 Å². The van der Waals surface area contributed by atoms with Crippen LogP contribution >= 0.6 is 0 Å². The lowest BCUT2D eigenvalue weighted by atomic mass is 9.94. The van der Waals surface area contributed by atoms with Gasteiger partial charge in [-0.05, 0) is 39.0 Å². The van der Waals surface area contributed by atoms with Crippen molar-refractivity contribution in [3.05, 3.63) is 12.2 Å². The summed E-state index contributed by atoms with van der Waals surface area (Å²) in [7, 11) is 0. The summed E-state index contributed by atoms with van der Waals surface area (Å²) in [6.45, 7) is 4.65. The molecular formula is C22H43NO3. The first-order valence-electron chi connectivity index (χ1n) is 10.9. The molecule has 3 N–H and O–H groups in total. The van der Waals surface area contributed by atoms with E-state index in [0.717, 1.165) is 19.3 Å². The predicted molar refractivity (Wildman–Crippen MR) is 111 cm³/mol. The van der Waals surface area contributed by atoms with E-state index in [9.17, 15) is 9.90 Å². The van der Waals surface area contributed by atoms with Crippen molar-refractivity contribution in [2.24, 2.45) is 5.92 Å². The van der Waals surface area contributed by atoms with Crippen LogP contribution in [0.2, 0.25) is 0 Å². The highest BCUT2D eigenvalue weighted by Crippen LogP contribution is 2.16. The Morgan fingerprint density at radius 3 is 2.00 bits per heavy atom. The van der Waals surface area contributed by atoms with Gasteiger partial charge >= 0.3 is 5.97 Å². The lowest BCUT2D eigenvalue weighted by Gasteiger charge is -2.21. The molecule has 0 fully saturated rings. The summed E-state index contributed by atoms with van der Waals surface area (Å²) in [5.74, 6) is -1.10. The molecule has 0 aromatic rings. The molecule has 0 aliphatic rings. The van der Waals surface area contributed by atoms with Crippen molar-refractivity contribution in [1.29, 1.82) is 0 Å². The van der Waals surface area contributed by atoms with Crippen LogP contribution in [0.25, 0.3) is 0 Å². The number of aliphatic hydroxyl groups excluding tert-OH is 1. The third-order valence-corrected chi connectivity index (χ3v) is 5.03. The van der Waals surface area contributed by atoms with Crippen LogP contribution < -0.4 is 5.32 Å². The molecule has 0 aromatic carbocycles. The normalized spacial score (nSPS) is 14.0. The van der Waals surface area contributed by atoms with Gasteiger partial charge in [0, 0.05) is 12.6 Å². The first-order valence-corrected chi connectivity index (χ1v) is 10.9. The van der Waals surface area contributed by atoms with Gasteiger partial charge in [-0.3, -0.25) is 4.79 Å². The Morgan fingerprint density at radius 1 is 0.923 bits per heavy atom. The van der Waals surface area contributed by atoms with Gasteiger partial charge in [0.05, 0.1) is 12.5 Å². The van der Waals surface area contributed by atoms with Crippen LogP contribution in [0.15, 0.2) is 12.2 Å². The number of rotatable bonds is 19. The molecule has 2 unspecified atom stereocenters. The van der Waals surface area contributed by atoms with Crippen LogP contribution in [0.4, 0.5) is 0 Å². The zero-order valence-corrected chi connectivity index (χ0v) is 17.2. The highest BCUT2D eigenvalue weighted by Gasteiger charge is 2.23. The summed E-state index contributed by atoms with van der Waals surface area (Å²) in [4.78, 5) is 11.4. The molecule has 0 aliphatic carbocycles. The van der Waals surface area contributed by atoms with E-state index < -0.39 is 5.97 Å². The molecule has 0 rings (SSSR count). The molecular weight excluding hydrogens is 326 g/mol. The van der Waals surface area contributed by atoms with E-state index in [0.29, 0.717) is 13.0 Å². The SMILES string of the molecule is CCCCCCCC/C=C\CCCCCCC(C(=O)O)C(C)NCCO. The molecule has 0 bridgehead atoms. The van der Waals surface area contributed by atoms with Gasteiger partial charge in [0.15, 0.2) is 0 Å². The molecule has 0 aromatic heterocycles. The average molecular weight is 370 g/mol. The van der Waals surface area contributed by atoms with Crippen LogP contribution in [0.3, 0.4) is 0 Å². The Hall–Kier alpha value is -0.870. The quantitative estimate of drug-likeness (QED) is 0.213. The second kappa shape index (κ2) is 18.9. The number of aliphatic carboxylic acids is 1. The maximum absolute atomic E-state index is 11.4. The fourth-order valence-corrected chi connectivity index (χ4v) is 3.28. The van der Waals surface area contributed by atoms with E-state index in [1.807, 2.05) is 6.92 Å². The van der Waals surface area contributed by atoms with Gasteiger partial charge in [0.2, 0.25) is 0 Å². The zero-order chi connectivity index (χ0) is 19.5. The topological polar surface area (TPSA) is 69.6 Å². The van der Waals surface area contributed by atoms with Crippen LogP contribution in [0, 0.1) is 5.92 Å². The third kappa shape index (κ3) is 15.4. The molecule has 0 saturated heterocycles. The Balaban J connectivity index is 3.55. The van der Waals surface area contributed by atoms with Crippen molar-refractivity contribution in [3.8, 4) is 0 Å². The van der Waals surface area contributed by atoms with Gasteiger partial charge in [0.25, 0.3) is 0 Å². The third-order valence-electron chi connectivity index (χ3n) is 5.03. The highest BCUT2D eigenvalue weighted by molar-refractivity contribution is 5.70. The molecule has 0 heterocycles. The molecule has 4 nitrogen and oxygen atoms in total. The van der Waals surface area contributed by atoms with Crippen molar-refractivity contribution < 1.29 is 15.0 Å². The fourth-order valence-electron chi connectivity index (χ4n) is 3.28. The van der Waals surface area contributed by atoms with E-state index in [2.05, 4.69) is 24.4 Å². The number of carbonyl (C=O) groups is 1. The minimum Gasteiger partial charge on any atom is -0.481 e. The predicted octanol–water partition coefficient (Wildman–Crippen LogP) is 5.31. The van der Waals surface area contributed by atoms with Crippen molar-refractivity contribution in [1.82, 2.24) is 5.32 Å². The molecule has 0 radical (unpaired) electrons. The Kier molecular flexibility index (Phi) is 18.3. The zero-order valence-electron chi connectivity index (χ0n) is 17.2. The second-order valence-electron chi connectivity index (χ2n) is 7.43. The minimum atomic E-state index is -0.736. The number of hydrogen-bond acceptors (Lipinski definition) is 3. The monoisotopic (exact) mass is 369 g/mol. The summed E-state index contributed by atoms with van der Waals surface area (Å²) >= 11 is 0. The summed E-state index contributed by atoms with van der Waals surface area (Å²) in [6, 6.07) is -0.0930. The number of hydrogen-bond donors (Lipinski definition) is 3. The van der Waals surface area contributed by atoms with Crippen molar-refractivity contribution in [2.45, 2.75) is 103 Å². The maximum Gasteiger partial charge on any atom is 0.308 e. The average Bonchev–Trinajstić information content (AvgIpc) is 2.62. The smallest absolute Gasteiger partial charge is 0.308 e. The van der Waals surface area contributed by atoms with Gasteiger partial charge < -0.3 is 15.5 Å². The number of carboxylic acid groups (broad SMARTS) is 1. The van der Waals surface area contributed by atoms with Crippen molar-refractivity contribution >= 4 is 5.97 Å². The number of nitrogens with one attached hydrogen (secondary N) is 1. The van der Waals surface area contributed by atoms with Crippen molar-refractivity contribution in [2.75, 3.05) is 13.2 Å². The number of allylic oxidation sites excluding steroid dienone is 2. The Labute approximate surface area is 161 Å². The summed E-state index contributed by atoms with van der Waals surface area (Å²) in [6.07, 6.45) is 20.3. The largest absolute Gasteiger partial charge is 0.481 e. The van der Waals surface area contributed by atoms with E-state index in [1.54, 1.807) is 0 Å². The Morgan fingerprint density at radius 2 is 1.46 bits per heavy atom. The van der Waals surface area contributed by atoms with E-state index in [1.165, 1.54) is 57.8 Å². The lowest BCUT2D eigenvalue weighted by Crippen LogP contribution is -2.39. The molecule has 26 heavy (non-hydrogen) atoms. The molecule has 154 valence electrons. The standard InChI is InChI=1S/C22H43NO3/c1-3-4-5-6-7-8-9-10-11-12-13-14-15-16-17-21(22(25)26)20(2)23-18-19-24/h10-11,20-21,23-24H,3-9,12-19H2,1-2H3,(H,25,26)/b11-10-. The molecule has 2 atom stereocenters.